The number of nitrogens with two attached hydrogens (primary N) is 1. The fraction of sp³-hybridized carbons (Fsp3) is 0.154. The molecule has 1 atom stereocenters. The van der Waals surface area contributed by atoms with E-state index in [2.05, 4.69) is 27.6 Å². The summed E-state index contributed by atoms with van der Waals surface area (Å²) < 4.78 is 78.3. The largest absolute Gasteiger partial charge is 0.494 e. The number of carbonyl (C=O) groups excluding carboxylic acids is 1. The number of nitrogens with zero attached hydrogens (tertiary/aromatic N) is 2. The molecular weight excluding hydrogens is 527 g/mol. The van der Waals surface area contributed by atoms with Crippen LogP contribution in [0.1, 0.15) is 33.5 Å². The number of methoxy groups -OCH3 is 1. The van der Waals surface area contributed by atoms with Crippen LogP contribution < -0.4 is 15.8 Å². The second kappa shape index (κ2) is 10.6. The van der Waals surface area contributed by atoms with E-state index in [9.17, 15) is 31.9 Å². The van der Waals surface area contributed by atoms with Gasteiger partial charge in [-0.15, -0.1) is 0 Å². The summed E-state index contributed by atoms with van der Waals surface area (Å²) in [5, 5.41) is 12.3. The zero-order valence-electron chi connectivity index (χ0n) is 20.1. The molecule has 4 N–H and O–H groups in total. The molecule has 13 heteroatoms. The fourth-order valence-corrected chi connectivity index (χ4v) is 3.79. The third kappa shape index (κ3) is 5.31. The molecule has 2 aromatic carbocycles. The van der Waals surface area contributed by atoms with Gasteiger partial charge >= 0.3 is 6.18 Å². The van der Waals surface area contributed by atoms with Crippen molar-refractivity contribution in [3.05, 3.63) is 89.1 Å². The molecule has 0 aliphatic carbocycles. The number of alkyl halides is 3. The van der Waals surface area contributed by atoms with Gasteiger partial charge in [0.1, 0.15) is 34.3 Å². The lowest BCUT2D eigenvalue weighted by molar-refractivity contribution is -0.140. The topological polar surface area (TPSA) is 124 Å². The van der Waals surface area contributed by atoms with E-state index in [0.29, 0.717) is 6.07 Å². The maximum absolute atomic E-state index is 14.3. The van der Waals surface area contributed by atoms with Gasteiger partial charge in [-0.25, -0.2) is 18.7 Å². The van der Waals surface area contributed by atoms with Crippen molar-refractivity contribution in [2.75, 3.05) is 13.7 Å². The molecule has 39 heavy (non-hydrogen) atoms. The van der Waals surface area contributed by atoms with E-state index in [4.69, 9.17) is 14.9 Å². The van der Waals surface area contributed by atoms with Crippen LogP contribution in [0.15, 0.2) is 59.2 Å². The van der Waals surface area contributed by atoms with Crippen LogP contribution >= 0.6 is 0 Å². The maximum atomic E-state index is 14.3. The molecule has 0 spiro atoms. The molecule has 4 aromatic rings. The van der Waals surface area contributed by atoms with Crippen molar-refractivity contribution in [1.82, 2.24) is 15.3 Å². The minimum absolute atomic E-state index is 0.0437. The van der Waals surface area contributed by atoms with Gasteiger partial charge in [0.05, 0.1) is 19.8 Å². The molecule has 0 aliphatic rings. The summed E-state index contributed by atoms with van der Waals surface area (Å²) in [6.07, 6.45) is -4.72. The molecular formula is C26H19F5N4O4. The van der Waals surface area contributed by atoms with Crippen molar-refractivity contribution in [3.63, 3.8) is 0 Å². The first kappa shape index (κ1) is 27.3. The van der Waals surface area contributed by atoms with Crippen LogP contribution in [0.4, 0.5) is 22.0 Å². The number of fused-ring (bicyclic) bond motifs is 1. The number of halogens is 5. The molecule has 2 aromatic heterocycles. The monoisotopic (exact) mass is 546 g/mol. The Hall–Kier alpha value is -4.74. The molecule has 0 fully saturated rings. The molecule has 1 amide bonds. The quantitative estimate of drug-likeness (QED) is 0.226. The van der Waals surface area contributed by atoms with Crippen molar-refractivity contribution in [2.24, 2.45) is 5.73 Å². The summed E-state index contributed by atoms with van der Waals surface area (Å²) in [7, 11) is 1.26. The smallest absolute Gasteiger partial charge is 0.433 e. The van der Waals surface area contributed by atoms with Gasteiger partial charge in [0, 0.05) is 22.6 Å². The first-order valence-electron chi connectivity index (χ1n) is 11.1. The number of oxazole rings is 1. The Kier molecular flexibility index (Phi) is 7.39. The summed E-state index contributed by atoms with van der Waals surface area (Å²) in [6.45, 7) is 2.65. The van der Waals surface area contributed by atoms with Gasteiger partial charge in [0.2, 0.25) is 5.89 Å². The van der Waals surface area contributed by atoms with Crippen LogP contribution in [0.25, 0.3) is 28.1 Å². The van der Waals surface area contributed by atoms with Gasteiger partial charge in [0.25, 0.3) is 5.91 Å². The molecule has 0 bridgehead atoms. The van der Waals surface area contributed by atoms with Gasteiger partial charge in [-0.2, -0.15) is 13.2 Å². The molecule has 4 rings (SSSR count). The molecule has 8 nitrogen and oxygen atoms in total. The number of aliphatic hydroxyl groups is 1. The zero-order valence-corrected chi connectivity index (χ0v) is 20.1. The molecule has 1 unspecified atom stereocenters. The highest BCUT2D eigenvalue weighted by atomic mass is 19.4. The highest BCUT2D eigenvalue weighted by Crippen LogP contribution is 2.37. The molecule has 0 saturated heterocycles. The molecule has 2 heterocycles. The van der Waals surface area contributed by atoms with Gasteiger partial charge in [-0.1, -0.05) is 18.4 Å². The van der Waals surface area contributed by atoms with Crippen LogP contribution in [-0.4, -0.2) is 34.7 Å². The van der Waals surface area contributed by atoms with Gasteiger partial charge in [0.15, 0.2) is 11.5 Å². The predicted octanol–water partition coefficient (Wildman–Crippen LogP) is 4.74. The summed E-state index contributed by atoms with van der Waals surface area (Å²) >= 11 is 0. The summed E-state index contributed by atoms with van der Waals surface area (Å²) in [6, 6.07) is 6.01. The van der Waals surface area contributed by atoms with E-state index in [-0.39, 0.29) is 45.1 Å². The van der Waals surface area contributed by atoms with Crippen molar-refractivity contribution < 1.29 is 41.0 Å². The number of aromatic nitrogens is 2. The molecule has 0 aliphatic heterocycles. The van der Waals surface area contributed by atoms with Gasteiger partial charge in [-0.3, -0.25) is 4.79 Å². The standard InChI is InChI=1S/C26H19F5N4O4/c1-3-17(32)23-22(24(37)33-18(11-36)15-5-4-12(27)10-16(15)28)35-25(39-23)14-6-8-19(38-2)21-13(14)7-9-20(34-21)26(29,30)31/h4-10,18,36H,1,11,32H2,2H3,(H,33,37). The Labute approximate surface area is 217 Å². The van der Waals surface area contributed by atoms with Crippen LogP contribution in [0.2, 0.25) is 0 Å². The molecule has 0 radical (unpaired) electrons. The van der Waals surface area contributed by atoms with E-state index >= 15 is 0 Å². The van der Waals surface area contributed by atoms with Crippen molar-refractivity contribution >= 4 is 22.5 Å². The Bertz CT molecular complexity index is 1630. The maximum Gasteiger partial charge on any atom is 0.433 e. The number of carbonyl (C=O) groups is 1. The number of aliphatic hydroxyl groups excluding tert-OH is 1. The Morgan fingerprint density at radius 3 is 2.56 bits per heavy atom. The summed E-state index contributed by atoms with van der Waals surface area (Å²) in [5.41, 5.74) is 6.25. The number of benzene rings is 2. The van der Waals surface area contributed by atoms with Crippen LogP contribution in [-0.2, 0) is 6.18 Å². The SMILES string of the molecule is C=C=C(N)c1oc(-c2ccc(OC)c3nc(C(F)(F)F)ccc23)nc1C(=O)NC(CO)c1ccc(F)cc1F. The van der Waals surface area contributed by atoms with Crippen molar-refractivity contribution in [3.8, 4) is 17.2 Å². The number of amides is 1. The van der Waals surface area contributed by atoms with Crippen molar-refractivity contribution in [2.45, 2.75) is 12.2 Å². The third-order valence-corrected chi connectivity index (χ3v) is 5.66. The Balaban J connectivity index is 1.81. The minimum Gasteiger partial charge on any atom is -0.494 e. The number of nitrogens with one attached hydrogen (secondary N) is 1. The van der Waals surface area contributed by atoms with Gasteiger partial charge < -0.3 is 25.3 Å². The minimum atomic E-state index is -4.72. The number of pyridine rings is 1. The Morgan fingerprint density at radius 2 is 1.95 bits per heavy atom. The Morgan fingerprint density at radius 1 is 1.21 bits per heavy atom. The number of rotatable bonds is 7. The predicted molar refractivity (Wildman–Crippen MR) is 129 cm³/mol. The average molecular weight is 546 g/mol. The first-order chi connectivity index (χ1) is 18.5. The number of hydrogen-bond acceptors (Lipinski definition) is 7. The lowest BCUT2D eigenvalue weighted by atomic mass is 10.1. The van der Waals surface area contributed by atoms with Crippen molar-refractivity contribution in [1.29, 1.82) is 0 Å². The van der Waals surface area contributed by atoms with Gasteiger partial charge in [-0.05, 0) is 30.3 Å². The number of hydrogen-bond donors (Lipinski definition) is 3. The second-order valence-electron chi connectivity index (χ2n) is 8.07. The molecule has 202 valence electrons. The average Bonchev–Trinajstić information content (AvgIpc) is 3.35. The fourth-order valence-electron chi connectivity index (χ4n) is 3.79. The van der Waals surface area contributed by atoms with E-state index < -0.39 is 47.8 Å². The number of ether oxygens (including phenoxy) is 1. The van der Waals surface area contributed by atoms with E-state index in [1.54, 1.807) is 0 Å². The summed E-state index contributed by atoms with van der Waals surface area (Å²) in [5.74, 6) is -3.29. The summed E-state index contributed by atoms with van der Waals surface area (Å²) in [4.78, 5) is 21.0. The van der Waals surface area contributed by atoms with E-state index in [1.807, 2.05) is 0 Å². The van der Waals surface area contributed by atoms with E-state index in [1.165, 1.54) is 19.2 Å². The van der Waals surface area contributed by atoms with Crippen LogP contribution in [0.3, 0.4) is 0 Å². The highest BCUT2D eigenvalue weighted by molar-refractivity contribution is 5.99. The van der Waals surface area contributed by atoms with Crippen LogP contribution in [0.5, 0.6) is 5.75 Å². The second-order valence-corrected chi connectivity index (χ2v) is 8.07. The van der Waals surface area contributed by atoms with Crippen LogP contribution in [0, 0.1) is 11.6 Å². The lowest BCUT2D eigenvalue weighted by Gasteiger charge is -2.17. The zero-order chi connectivity index (χ0) is 28.5. The van der Waals surface area contributed by atoms with E-state index in [0.717, 1.165) is 24.3 Å². The lowest BCUT2D eigenvalue weighted by Crippen LogP contribution is -2.32. The normalized spacial score (nSPS) is 12.2. The molecule has 0 saturated carbocycles. The highest BCUT2D eigenvalue weighted by Gasteiger charge is 2.33. The first-order valence-corrected chi connectivity index (χ1v) is 11.1. The third-order valence-electron chi connectivity index (χ3n) is 5.66.